The first-order valence-electron chi connectivity index (χ1n) is 6.99. The number of ether oxygens (including phenoxy) is 1. The van der Waals surface area contributed by atoms with E-state index in [0.29, 0.717) is 5.82 Å². The second-order valence-electron chi connectivity index (χ2n) is 5.50. The lowest BCUT2D eigenvalue weighted by molar-refractivity contribution is -0.0770. The molecule has 3 rings (SSSR count). The van der Waals surface area contributed by atoms with E-state index < -0.39 is 0 Å². The fourth-order valence-electron chi connectivity index (χ4n) is 2.76. The van der Waals surface area contributed by atoms with Gasteiger partial charge < -0.3 is 14.6 Å². The molecule has 0 radical (unpaired) electrons. The van der Waals surface area contributed by atoms with E-state index in [1.54, 1.807) is 0 Å². The fourth-order valence-corrected chi connectivity index (χ4v) is 2.76. The van der Waals surface area contributed by atoms with Crippen LogP contribution >= 0.6 is 0 Å². The van der Waals surface area contributed by atoms with Gasteiger partial charge in [-0.1, -0.05) is 11.6 Å². The average Bonchev–Trinajstić information content (AvgIpc) is 2.91. The Morgan fingerprint density at radius 2 is 2.22 bits per heavy atom. The Labute approximate surface area is 107 Å². The van der Waals surface area contributed by atoms with Gasteiger partial charge in [-0.2, -0.15) is 4.98 Å². The molecule has 1 aromatic heterocycles. The summed E-state index contributed by atoms with van der Waals surface area (Å²) in [5.41, 5.74) is -0.353. The maximum atomic E-state index is 5.85. The van der Waals surface area contributed by atoms with E-state index in [2.05, 4.69) is 22.4 Å². The minimum Gasteiger partial charge on any atom is -0.367 e. The second-order valence-corrected chi connectivity index (χ2v) is 5.50. The molecule has 0 saturated carbocycles. The summed E-state index contributed by atoms with van der Waals surface area (Å²) in [5.74, 6) is 1.43. The molecule has 100 valence electrons. The Kier molecular flexibility index (Phi) is 3.35. The topological polar surface area (TPSA) is 60.2 Å². The highest BCUT2D eigenvalue weighted by atomic mass is 16.5. The quantitative estimate of drug-likeness (QED) is 0.874. The monoisotopic (exact) mass is 251 g/mol. The lowest BCUT2D eigenvalue weighted by atomic mass is 9.95. The summed E-state index contributed by atoms with van der Waals surface area (Å²) in [4.78, 5) is 4.56. The van der Waals surface area contributed by atoms with Crippen LogP contribution in [0, 0.1) is 0 Å². The molecule has 2 aliphatic rings. The molecule has 1 aromatic rings. The molecule has 5 heteroatoms. The van der Waals surface area contributed by atoms with E-state index >= 15 is 0 Å². The predicted molar refractivity (Wildman–Crippen MR) is 66.0 cm³/mol. The van der Waals surface area contributed by atoms with Crippen molar-refractivity contribution in [1.29, 1.82) is 0 Å². The van der Waals surface area contributed by atoms with E-state index in [1.807, 2.05) is 0 Å². The summed E-state index contributed by atoms with van der Waals surface area (Å²) >= 11 is 0. The summed E-state index contributed by atoms with van der Waals surface area (Å²) in [6, 6.07) is 0.229. The number of aromatic nitrogens is 2. The van der Waals surface area contributed by atoms with Crippen molar-refractivity contribution in [2.24, 2.45) is 0 Å². The molecule has 0 spiro atoms. The lowest BCUT2D eigenvalue weighted by Gasteiger charge is -2.30. The summed E-state index contributed by atoms with van der Waals surface area (Å²) in [5, 5.41) is 7.56. The fraction of sp³-hybridized carbons (Fsp3) is 0.846. The molecule has 3 heterocycles. The Morgan fingerprint density at radius 1 is 1.28 bits per heavy atom. The number of rotatable bonds is 2. The predicted octanol–water partition coefficient (Wildman–Crippen LogP) is 2.30. The SMILES string of the molecule is CC1(c2noc([C@@H]3CCCCN3)n2)CCCCO1. The van der Waals surface area contributed by atoms with E-state index in [1.165, 1.54) is 19.3 Å². The van der Waals surface area contributed by atoms with Gasteiger partial charge in [0.2, 0.25) is 11.7 Å². The standard InChI is InChI=1S/C13H21N3O2/c1-13(7-3-5-9-17-13)12-15-11(18-16-12)10-6-2-4-8-14-10/h10,14H,2-9H2,1H3/t10-,13?/m0/s1. The van der Waals surface area contributed by atoms with Crippen LogP contribution in [-0.4, -0.2) is 23.3 Å². The summed E-state index contributed by atoms with van der Waals surface area (Å²) in [6.45, 7) is 3.90. The van der Waals surface area contributed by atoms with Gasteiger partial charge in [0.1, 0.15) is 5.60 Å². The lowest BCUT2D eigenvalue weighted by Crippen LogP contribution is -2.32. The molecule has 0 amide bonds. The molecular formula is C13H21N3O2. The van der Waals surface area contributed by atoms with Gasteiger partial charge in [0.25, 0.3) is 0 Å². The van der Waals surface area contributed by atoms with Crippen molar-refractivity contribution in [3.8, 4) is 0 Å². The van der Waals surface area contributed by atoms with E-state index in [-0.39, 0.29) is 11.6 Å². The number of nitrogens with zero attached hydrogens (tertiary/aromatic N) is 2. The molecule has 0 aromatic carbocycles. The van der Waals surface area contributed by atoms with Crippen LogP contribution in [0.25, 0.3) is 0 Å². The van der Waals surface area contributed by atoms with Crippen molar-refractivity contribution in [2.45, 2.75) is 57.1 Å². The van der Waals surface area contributed by atoms with Gasteiger partial charge in [0, 0.05) is 6.61 Å². The van der Waals surface area contributed by atoms with Crippen LogP contribution in [0.15, 0.2) is 4.52 Å². The van der Waals surface area contributed by atoms with Crippen molar-refractivity contribution < 1.29 is 9.26 Å². The van der Waals surface area contributed by atoms with Crippen LogP contribution in [-0.2, 0) is 10.3 Å². The third kappa shape index (κ3) is 2.29. The van der Waals surface area contributed by atoms with Crippen molar-refractivity contribution >= 4 is 0 Å². The zero-order chi connectivity index (χ0) is 12.4. The third-order valence-corrected chi connectivity index (χ3v) is 3.99. The molecular weight excluding hydrogens is 230 g/mol. The van der Waals surface area contributed by atoms with Gasteiger partial charge in [0.15, 0.2) is 0 Å². The van der Waals surface area contributed by atoms with Crippen LogP contribution in [0.1, 0.15) is 63.2 Å². The average molecular weight is 251 g/mol. The molecule has 1 N–H and O–H groups in total. The Balaban J connectivity index is 1.75. The maximum absolute atomic E-state index is 5.85. The molecule has 0 bridgehead atoms. The number of nitrogens with one attached hydrogen (secondary N) is 1. The molecule has 2 aliphatic heterocycles. The van der Waals surface area contributed by atoms with Gasteiger partial charge in [0.05, 0.1) is 6.04 Å². The van der Waals surface area contributed by atoms with Gasteiger partial charge in [-0.3, -0.25) is 0 Å². The van der Waals surface area contributed by atoms with Crippen molar-refractivity contribution in [3.05, 3.63) is 11.7 Å². The zero-order valence-electron chi connectivity index (χ0n) is 10.9. The normalized spacial score (nSPS) is 33.5. The van der Waals surface area contributed by atoms with E-state index in [0.717, 1.165) is 38.3 Å². The molecule has 0 aliphatic carbocycles. The molecule has 1 unspecified atom stereocenters. The molecule has 2 saturated heterocycles. The first-order chi connectivity index (χ1) is 8.78. The van der Waals surface area contributed by atoms with E-state index in [9.17, 15) is 0 Å². The Hall–Kier alpha value is -0.940. The van der Waals surface area contributed by atoms with Gasteiger partial charge in [-0.15, -0.1) is 0 Å². The Morgan fingerprint density at radius 3 is 2.94 bits per heavy atom. The van der Waals surface area contributed by atoms with Crippen LogP contribution in [0.4, 0.5) is 0 Å². The Bertz CT molecular complexity index is 393. The largest absolute Gasteiger partial charge is 0.367 e. The highest BCUT2D eigenvalue weighted by Crippen LogP contribution is 2.33. The number of piperidine rings is 1. The maximum Gasteiger partial charge on any atom is 0.243 e. The highest BCUT2D eigenvalue weighted by molar-refractivity contribution is 5.03. The van der Waals surface area contributed by atoms with Crippen molar-refractivity contribution in [1.82, 2.24) is 15.5 Å². The molecule has 2 fully saturated rings. The van der Waals surface area contributed by atoms with Crippen molar-refractivity contribution in [3.63, 3.8) is 0 Å². The minimum absolute atomic E-state index is 0.229. The minimum atomic E-state index is -0.353. The van der Waals surface area contributed by atoms with Crippen molar-refractivity contribution in [2.75, 3.05) is 13.2 Å². The van der Waals surface area contributed by atoms with Crippen LogP contribution in [0.5, 0.6) is 0 Å². The molecule has 2 atom stereocenters. The van der Waals surface area contributed by atoms with Gasteiger partial charge in [-0.05, 0) is 45.6 Å². The van der Waals surface area contributed by atoms with Crippen LogP contribution in [0.3, 0.4) is 0 Å². The first kappa shape index (κ1) is 12.1. The van der Waals surface area contributed by atoms with Gasteiger partial charge in [-0.25, -0.2) is 0 Å². The summed E-state index contributed by atoms with van der Waals surface area (Å²) in [7, 11) is 0. The van der Waals surface area contributed by atoms with Crippen LogP contribution in [0.2, 0.25) is 0 Å². The first-order valence-corrected chi connectivity index (χ1v) is 6.99. The number of hydrogen-bond acceptors (Lipinski definition) is 5. The second kappa shape index (κ2) is 4.97. The van der Waals surface area contributed by atoms with E-state index in [4.69, 9.17) is 9.26 Å². The molecule has 18 heavy (non-hydrogen) atoms. The van der Waals surface area contributed by atoms with Crippen LogP contribution < -0.4 is 5.32 Å². The summed E-state index contributed by atoms with van der Waals surface area (Å²) < 4.78 is 11.3. The summed E-state index contributed by atoms with van der Waals surface area (Å²) in [6.07, 6.45) is 6.82. The highest BCUT2D eigenvalue weighted by Gasteiger charge is 2.35. The number of hydrogen-bond donors (Lipinski definition) is 1. The smallest absolute Gasteiger partial charge is 0.243 e. The third-order valence-electron chi connectivity index (χ3n) is 3.99. The van der Waals surface area contributed by atoms with Gasteiger partial charge >= 0.3 is 0 Å². The molecule has 5 nitrogen and oxygen atoms in total. The zero-order valence-corrected chi connectivity index (χ0v) is 10.9.